The second kappa shape index (κ2) is 4.87. The molecule has 3 aromatic rings. The Morgan fingerprint density at radius 1 is 1.32 bits per heavy atom. The number of aromatic nitrogens is 4. The van der Waals surface area contributed by atoms with E-state index in [1.54, 1.807) is 18.3 Å². The van der Waals surface area contributed by atoms with Crippen molar-refractivity contribution in [3.8, 4) is 11.4 Å². The third kappa shape index (κ3) is 2.11. The minimum atomic E-state index is -0.276. The number of halogens is 1. The molecule has 6 nitrogen and oxygen atoms in total. The molecule has 0 radical (unpaired) electrons. The number of oxime groups is 1. The van der Waals surface area contributed by atoms with Crippen molar-refractivity contribution in [2.24, 2.45) is 5.16 Å². The van der Waals surface area contributed by atoms with Crippen molar-refractivity contribution in [1.29, 1.82) is 0 Å². The van der Waals surface area contributed by atoms with Crippen LogP contribution >= 0.6 is 0 Å². The molecule has 1 fully saturated rings. The van der Waals surface area contributed by atoms with E-state index in [0.29, 0.717) is 11.7 Å². The lowest BCUT2D eigenvalue weighted by Crippen LogP contribution is -2.00. The van der Waals surface area contributed by atoms with Crippen LogP contribution in [0.3, 0.4) is 0 Å². The topological polar surface area (TPSA) is 76.2 Å². The molecule has 0 amide bonds. The van der Waals surface area contributed by atoms with Crippen molar-refractivity contribution in [2.45, 2.75) is 18.9 Å². The first-order valence-electron chi connectivity index (χ1n) is 6.94. The predicted octanol–water partition coefficient (Wildman–Crippen LogP) is 2.78. The predicted molar refractivity (Wildman–Crippen MR) is 78.4 cm³/mol. The summed E-state index contributed by atoms with van der Waals surface area (Å²) in [5, 5.41) is 19.3. The highest BCUT2D eigenvalue weighted by Gasteiger charge is 2.29. The highest BCUT2D eigenvalue weighted by atomic mass is 19.1. The van der Waals surface area contributed by atoms with Crippen molar-refractivity contribution in [1.82, 2.24) is 19.7 Å². The second-order valence-electron chi connectivity index (χ2n) is 5.28. The molecular formula is C15H12FN5O. The molecule has 1 aromatic carbocycles. The molecule has 0 atom stereocenters. The molecule has 22 heavy (non-hydrogen) atoms. The average Bonchev–Trinajstić information content (AvgIpc) is 3.28. The maximum absolute atomic E-state index is 13.6. The maximum Gasteiger partial charge on any atom is 0.143 e. The first-order valence-corrected chi connectivity index (χ1v) is 6.94. The van der Waals surface area contributed by atoms with Gasteiger partial charge in [-0.3, -0.25) is 0 Å². The third-order valence-corrected chi connectivity index (χ3v) is 3.69. The monoisotopic (exact) mass is 297 g/mol. The highest BCUT2D eigenvalue weighted by molar-refractivity contribution is 5.83. The summed E-state index contributed by atoms with van der Waals surface area (Å²) in [5.41, 5.74) is 2.72. The lowest BCUT2D eigenvalue weighted by Gasteiger charge is -2.07. The van der Waals surface area contributed by atoms with Crippen LogP contribution in [0.2, 0.25) is 0 Å². The SMILES string of the molecule is ON=Cc1cc(-c2nc3ccc(F)cc3n2C2CC2)cnn1. The number of rotatable bonds is 3. The number of nitrogens with zero attached hydrogens (tertiary/aromatic N) is 5. The van der Waals surface area contributed by atoms with E-state index < -0.39 is 0 Å². The standard InChI is InChI=1S/C15H12FN5O/c16-10-1-4-13-14(6-10)21(12-2-3-12)15(19-13)9-5-11(8-18-22)20-17-7-9/h1,4-8,12,22H,2-3H2. The van der Waals surface area contributed by atoms with Crippen LogP contribution in [0.5, 0.6) is 0 Å². The molecule has 0 bridgehead atoms. The Bertz CT molecular complexity index is 885. The molecule has 7 heteroatoms. The summed E-state index contributed by atoms with van der Waals surface area (Å²) in [6.07, 6.45) is 4.92. The van der Waals surface area contributed by atoms with Crippen molar-refractivity contribution < 1.29 is 9.60 Å². The van der Waals surface area contributed by atoms with Crippen LogP contribution in [0, 0.1) is 5.82 Å². The smallest absolute Gasteiger partial charge is 0.143 e. The summed E-state index contributed by atoms with van der Waals surface area (Å²) < 4.78 is 15.6. The molecule has 2 heterocycles. The fraction of sp³-hybridized carbons (Fsp3) is 0.200. The first kappa shape index (κ1) is 12.9. The number of hydrogen-bond donors (Lipinski definition) is 1. The van der Waals surface area contributed by atoms with E-state index in [2.05, 4.69) is 24.9 Å². The fourth-order valence-electron chi connectivity index (χ4n) is 2.60. The molecule has 2 aromatic heterocycles. The number of imidazole rings is 1. The van der Waals surface area contributed by atoms with E-state index >= 15 is 0 Å². The quantitative estimate of drug-likeness (QED) is 0.458. The summed E-state index contributed by atoms with van der Waals surface area (Å²) in [4.78, 5) is 4.61. The Morgan fingerprint density at radius 2 is 2.18 bits per heavy atom. The van der Waals surface area contributed by atoms with E-state index in [1.807, 2.05) is 0 Å². The number of hydrogen-bond acceptors (Lipinski definition) is 5. The molecule has 1 aliphatic rings. The van der Waals surface area contributed by atoms with E-state index in [0.717, 1.165) is 35.3 Å². The minimum absolute atomic E-state index is 0.276. The van der Waals surface area contributed by atoms with Gasteiger partial charge in [-0.05, 0) is 37.1 Å². The van der Waals surface area contributed by atoms with Crippen LogP contribution in [0.4, 0.5) is 4.39 Å². The van der Waals surface area contributed by atoms with Crippen molar-refractivity contribution in [3.63, 3.8) is 0 Å². The van der Waals surface area contributed by atoms with Crippen LogP contribution in [0.15, 0.2) is 35.6 Å². The van der Waals surface area contributed by atoms with Gasteiger partial charge in [0.2, 0.25) is 0 Å². The summed E-state index contributed by atoms with van der Waals surface area (Å²) in [6.45, 7) is 0. The lowest BCUT2D eigenvalue weighted by atomic mass is 10.2. The minimum Gasteiger partial charge on any atom is -0.411 e. The van der Waals surface area contributed by atoms with Crippen LogP contribution in [-0.2, 0) is 0 Å². The van der Waals surface area contributed by atoms with Crippen LogP contribution < -0.4 is 0 Å². The molecule has 4 rings (SSSR count). The van der Waals surface area contributed by atoms with Gasteiger partial charge in [-0.2, -0.15) is 5.10 Å². The van der Waals surface area contributed by atoms with Gasteiger partial charge in [0.05, 0.1) is 23.4 Å². The third-order valence-electron chi connectivity index (χ3n) is 3.69. The van der Waals surface area contributed by atoms with Gasteiger partial charge in [-0.25, -0.2) is 9.37 Å². The maximum atomic E-state index is 13.6. The van der Waals surface area contributed by atoms with Crippen LogP contribution in [0.1, 0.15) is 24.6 Å². The molecule has 0 unspecified atom stereocenters. The highest BCUT2D eigenvalue weighted by Crippen LogP contribution is 2.41. The summed E-state index contributed by atoms with van der Waals surface area (Å²) >= 11 is 0. The number of benzene rings is 1. The molecule has 1 aliphatic carbocycles. The van der Waals surface area contributed by atoms with E-state index in [9.17, 15) is 4.39 Å². The number of fused-ring (bicyclic) bond motifs is 1. The van der Waals surface area contributed by atoms with Gasteiger partial charge in [-0.1, -0.05) is 5.16 Å². The normalized spacial score (nSPS) is 15.0. The van der Waals surface area contributed by atoms with Gasteiger partial charge in [0.15, 0.2) is 0 Å². The van der Waals surface area contributed by atoms with Crippen molar-refractivity contribution in [2.75, 3.05) is 0 Å². The van der Waals surface area contributed by atoms with Gasteiger partial charge >= 0.3 is 0 Å². The van der Waals surface area contributed by atoms with E-state index in [-0.39, 0.29) is 5.82 Å². The molecule has 0 aliphatic heterocycles. The summed E-state index contributed by atoms with van der Waals surface area (Å²) in [5.74, 6) is 0.451. The van der Waals surface area contributed by atoms with E-state index in [1.165, 1.54) is 18.3 Å². The van der Waals surface area contributed by atoms with Gasteiger partial charge in [0, 0.05) is 11.6 Å². The molecule has 110 valence electrons. The Hall–Kier alpha value is -2.83. The molecular weight excluding hydrogens is 285 g/mol. The zero-order chi connectivity index (χ0) is 15.1. The first-order chi connectivity index (χ1) is 10.8. The zero-order valence-electron chi connectivity index (χ0n) is 11.5. The fourth-order valence-corrected chi connectivity index (χ4v) is 2.60. The van der Waals surface area contributed by atoms with Gasteiger partial charge in [0.1, 0.15) is 17.3 Å². The Labute approximate surface area is 124 Å². The summed E-state index contributed by atoms with van der Waals surface area (Å²) in [7, 11) is 0. The average molecular weight is 297 g/mol. The summed E-state index contributed by atoms with van der Waals surface area (Å²) in [6, 6.07) is 6.67. The van der Waals surface area contributed by atoms with Gasteiger partial charge in [0.25, 0.3) is 0 Å². The Kier molecular flexibility index (Phi) is 2.85. The Balaban J connectivity index is 1.94. The van der Waals surface area contributed by atoms with Crippen molar-refractivity contribution in [3.05, 3.63) is 42.0 Å². The lowest BCUT2D eigenvalue weighted by molar-refractivity contribution is 0.321. The molecule has 1 N–H and O–H groups in total. The van der Waals surface area contributed by atoms with Gasteiger partial charge in [-0.15, -0.1) is 5.10 Å². The largest absolute Gasteiger partial charge is 0.411 e. The molecule has 1 saturated carbocycles. The van der Waals surface area contributed by atoms with Crippen LogP contribution in [0.25, 0.3) is 22.4 Å². The Morgan fingerprint density at radius 3 is 2.95 bits per heavy atom. The second-order valence-corrected chi connectivity index (χ2v) is 5.28. The molecule has 0 saturated heterocycles. The molecule has 0 spiro atoms. The van der Waals surface area contributed by atoms with E-state index in [4.69, 9.17) is 5.21 Å². The van der Waals surface area contributed by atoms with Crippen molar-refractivity contribution >= 4 is 17.2 Å². The zero-order valence-corrected chi connectivity index (χ0v) is 11.5. The van der Waals surface area contributed by atoms with Crippen LogP contribution in [-0.4, -0.2) is 31.2 Å². The van der Waals surface area contributed by atoms with Gasteiger partial charge < -0.3 is 9.77 Å².